The van der Waals surface area contributed by atoms with Crippen LogP contribution in [0.15, 0.2) is 42.5 Å². The molecule has 1 aliphatic rings. The maximum Gasteiger partial charge on any atom is 0.253 e. The maximum absolute atomic E-state index is 13.0. The lowest BCUT2D eigenvalue weighted by Crippen LogP contribution is -2.53. The van der Waals surface area contributed by atoms with E-state index in [1.807, 2.05) is 42.2 Å². The molecule has 0 spiro atoms. The van der Waals surface area contributed by atoms with Crippen LogP contribution in [-0.4, -0.2) is 62.0 Å². The molecule has 0 aliphatic carbocycles. The molecular weight excluding hydrogens is 434 g/mol. The third-order valence-electron chi connectivity index (χ3n) is 5.98. The van der Waals surface area contributed by atoms with Crippen molar-refractivity contribution in [3.63, 3.8) is 0 Å². The van der Waals surface area contributed by atoms with Gasteiger partial charge in [-0.2, -0.15) is 0 Å². The summed E-state index contributed by atoms with van der Waals surface area (Å²) >= 11 is 0. The highest BCUT2D eigenvalue weighted by Gasteiger charge is 2.28. The van der Waals surface area contributed by atoms with Crippen molar-refractivity contribution >= 4 is 17.7 Å². The number of amides is 3. The van der Waals surface area contributed by atoms with Gasteiger partial charge in [-0.1, -0.05) is 23.8 Å². The maximum atomic E-state index is 13.0. The molecule has 1 atom stereocenters. The van der Waals surface area contributed by atoms with Gasteiger partial charge in [0.15, 0.2) is 11.5 Å². The van der Waals surface area contributed by atoms with E-state index in [1.54, 1.807) is 26.4 Å². The van der Waals surface area contributed by atoms with Crippen LogP contribution in [-0.2, 0) is 16.0 Å². The first-order valence-corrected chi connectivity index (χ1v) is 11.4. The number of likely N-dealkylation sites (tertiary alicyclic amines) is 1. The van der Waals surface area contributed by atoms with Crippen LogP contribution in [0.3, 0.4) is 0 Å². The summed E-state index contributed by atoms with van der Waals surface area (Å²) in [6.07, 6.45) is 1.63. The second kappa shape index (κ2) is 11.5. The summed E-state index contributed by atoms with van der Waals surface area (Å²) < 4.78 is 10.6. The summed E-state index contributed by atoms with van der Waals surface area (Å²) in [6, 6.07) is 12.2. The zero-order chi connectivity index (χ0) is 24.7. The normalized spacial score (nSPS) is 14.8. The molecule has 2 N–H and O–H groups in total. The number of hydrogen-bond acceptors (Lipinski definition) is 5. The van der Waals surface area contributed by atoms with Gasteiger partial charge in [-0.15, -0.1) is 0 Å². The zero-order valence-corrected chi connectivity index (χ0v) is 20.2. The lowest BCUT2D eigenvalue weighted by atomic mass is 10.0. The number of hydrogen-bond donors (Lipinski definition) is 2. The van der Waals surface area contributed by atoms with Gasteiger partial charge in [0.05, 0.1) is 14.2 Å². The quantitative estimate of drug-likeness (QED) is 0.622. The van der Waals surface area contributed by atoms with E-state index in [9.17, 15) is 14.4 Å². The number of aryl methyl sites for hydroxylation is 1. The number of methoxy groups -OCH3 is 2. The molecule has 3 rings (SSSR count). The van der Waals surface area contributed by atoms with Crippen molar-refractivity contribution in [3.8, 4) is 11.5 Å². The molecule has 3 amide bonds. The smallest absolute Gasteiger partial charge is 0.253 e. The van der Waals surface area contributed by atoms with E-state index in [4.69, 9.17) is 9.47 Å². The van der Waals surface area contributed by atoms with Crippen LogP contribution in [0.1, 0.15) is 41.3 Å². The third-order valence-corrected chi connectivity index (χ3v) is 5.98. The molecule has 8 heteroatoms. The van der Waals surface area contributed by atoms with E-state index < -0.39 is 6.04 Å². The monoisotopic (exact) mass is 467 g/mol. The van der Waals surface area contributed by atoms with Crippen molar-refractivity contribution in [1.29, 1.82) is 0 Å². The molecule has 182 valence electrons. The standard InChI is InChI=1S/C26H33N3O5/c1-17-6-5-7-20(14-17)26(32)29-12-10-21(11-13-29)28-25(31)22(27-18(2)30)15-19-8-9-23(33-3)24(16-19)34-4/h5-9,14,16,21-22H,10-13,15H2,1-4H3,(H,27,30)(H,28,31)/t22-/m1/s1. The molecule has 34 heavy (non-hydrogen) atoms. The second-order valence-corrected chi connectivity index (χ2v) is 8.59. The Kier molecular flexibility index (Phi) is 8.51. The van der Waals surface area contributed by atoms with Crippen LogP contribution in [0.5, 0.6) is 11.5 Å². The molecule has 0 radical (unpaired) electrons. The highest BCUT2D eigenvalue weighted by molar-refractivity contribution is 5.94. The summed E-state index contributed by atoms with van der Waals surface area (Å²) in [4.78, 5) is 39.4. The van der Waals surface area contributed by atoms with E-state index in [0.717, 1.165) is 11.1 Å². The Morgan fingerprint density at radius 2 is 1.74 bits per heavy atom. The Morgan fingerprint density at radius 1 is 1.03 bits per heavy atom. The summed E-state index contributed by atoms with van der Waals surface area (Å²) in [5.41, 5.74) is 2.57. The average molecular weight is 468 g/mol. The van der Waals surface area contributed by atoms with Crippen molar-refractivity contribution in [3.05, 3.63) is 59.2 Å². The molecule has 8 nitrogen and oxygen atoms in total. The van der Waals surface area contributed by atoms with E-state index in [1.165, 1.54) is 6.92 Å². The van der Waals surface area contributed by atoms with Crippen molar-refractivity contribution < 1.29 is 23.9 Å². The van der Waals surface area contributed by atoms with E-state index in [-0.39, 0.29) is 23.8 Å². The molecule has 0 bridgehead atoms. The molecule has 1 aliphatic heterocycles. The molecule has 0 aromatic heterocycles. The van der Waals surface area contributed by atoms with Crippen molar-refractivity contribution in [2.45, 2.75) is 45.2 Å². The fraction of sp³-hybridized carbons (Fsp3) is 0.423. The van der Waals surface area contributed by atoms with Crippen LogP contribution in [0.2, 0.25) is 0 Å². The minimum Gasteiger partial charge on any atom is -0.493 e. The summed E-state index contributed by atoms with van der Waals surface area (Å²) in [7, 11) is 3.11. The Bertz CT molecular complexity index is 1030. The van der Waals surface area contributed by atoms with Gasteiger partial charge in [-0.05, 0) is 49.6 Å². The van der Waals surface area contributed by atoms with Crippen LogP contribution < -0.4 is 20.1 Å². The molecule has 0 saturated carbocycles. The first-order valence-electron chi connectivity index (χ1n) is 11.4. The SMILES string of the molecule is COc1ccc(C[C@@H](NC(C)=O)C(=O)NC2CCN(C(=O)c3cccc(C)c3)CC2)cc1OC. The van der Waals surface area contributed by atoms with Crippen LogP contribution in [0.4, 0.5) is 0 Å². The third kappa shape index (κ3) is 6.50. The fourth-order valence-electron chi connectivity index (χ4n) is 4.19. The molecule has 1 fully saturated rings. The predicted octanol–water partition coefficient (Wildman–Crippen LogP) is 2.48. The predicted molar refractivity (Wildman–Crippen MR) is 129 cm³/mol. The first kappa shape index (κ1) is 25.1. The largest absolute Gasteiger partial charge is 0.493 e. The van der Waals surface area contributed by atoms with Gasteiger partial charge in [0.1, 0.15) is 6.04 Å². The van der Waals surface area contributed by atoms with Gasteiger partial charge in [-0.3, -0.25) is 14.4 Å². The minimum atomic E-state index is -0.720. The molecule has 0 unspecified atom stereocenters. The topological polar surface area (TPSA) is 97.0 Å². The van der Waals surface area contributed by atoms with Crippen LogP contribution >= 0.6 is 0 Å². The Hall–Kier alpha value is -3.55. The fourth-order valence-corrected chi connectivity index (χ4v) is 4.19. The van der Waals surface area contributed by atoms with Gasteiger partial charge in [0.2, 0.25) is 11.8 Å². The number of benzene rings is 2. The van der Waals surface area contributed by atoms with Gasteiger partial charge in [0.25, 0.3) is 5.91 Å². The Labute approximate surface area is 200 Å². The number of rotatable bonds is 8. The number of carbonyl (C=O) groups excluding carboxylic acids is 3. The van der Waals surface area contributed by atoms with Crippen LogP contribution in [0.25, 0.3) is 0 Å². The van der Waals surface area contributed by atoms with E-state index in [2.05, 4.69) is 10.6 Å². The lowest BCUT2D eigenvalue weighted by Gasteiger charge is -2.33. The average Bonchev–Trinajstić information content (AvgIpc) is 2.83. The number of piperidine rings is 1. The molecular formula is C26H33N3O5. The summed E-state index contributed by atoms with van der Waals surface area (Å²) in [6.45, 7) is 4.49. The number of nitrogens with zero attached hydrogens (tertiary/aromatic N) is 1. The Balaban J connectivity index is 1.60. The van der Waals surface area contributed by atoms with E-state index >= 15 is 0 Å². The lowest BCUT2D eigenvalue weighted by molar-refractivity contribution is -0.128. The highest BCUT2D eigenvalue weighted by Crippen LogP contribution is 2.28. The van der Waals surface area contributed by atoms with E-state index in [0.29, 0.717) is 49.4 Å². The van der Waals surface area contributed by atoms with Gasteiger partial charge >= 0.3 is 0 Å². The minimum absolute atomic E-state index is 0.0121. The molecule has 1 heterocycles. The van der Waals surface area contributed by atoms with Crippen molar-refractivity contribution in [2.24, 2.45) is 0 Å². The zero-order valence-electron chi connectivity index (χ0n) is 20.2. The second-order valence-electron chi connectivity index (χ2n) is 8.59. The van der Waals surface area contributed by atoms with Crippen molar-refractivity contribution in [2.75, 3.05) is 27.3 Å². The van der Waals surface area contributed by atoms with Crippen molar-refractivity contribution in [1.82, 2.24) is 15.5 Å². The van der Waals surface area contributed by atoms with Gasteiger partial charge in [0, 0.05) is 38.0 Å². The van der Waals surface area contributed by atoms with Gasteiger partial charge in [-0.25, -0.2) is 0 Å². The Morgan fingerprint density at radius 3 is 2.35 bits per heavy atom. The number of ether oxygens (including phenoxy) is 2. The summed E-state index contributed by atoms with van der Waals surface area (Å²) in [5.74, 6) is 0.650. The van der Waals surface area contributed by atoms with Crippen LogP contribution in [0, 0.1) is 6.92 Å². The number of carbonyl (C=O) groups is 3. The number of nitrogens with one attached hydrogen (secondary N) is 2. The van der Waals surface area contributed by atoms with Gasteiger partial charge < -0.3 is 25.0 Å². The molecule has 1 saturated heterocycles. The first-order chi connectivity index (χ1) is 16.3. The molecule has 2 aromatic carbocycles. The highest BCUT2D eigenvalue weighted by atomic mass is 16.5. The summed E-state index contributed by atoms with van der Waals surface area (Å²) in [5, 5.41) is 5.81. The molecule has 2 aromatic rings.